The second-order valence-electron chi connectivity index (χ2n) is 3.91. The molecule has 0 aromatic heterocycles. The maximum absolute atomic E-state index is 12.9. The van der Waals surface area contributed by atoms with Gasteiger partial charge >= 0.3 is 0 Å². The van der Waals surface area contributed by atoms with Crippen molar-refractivity contribution in [1.82, 2.24) is 0 Å². The van der Waals surface area contributed by atoms with Gasteiger partial charge in [-0.2, -0.15) is 0 Å². The lowest BCUT2D eigenvalue weighted by Gasteiger charge is -2.14. The number of rotatable bonds is 3. The first-order valence-electron chi connectivity index (χ1n) is 4.71. The van der Waals surface area contributed by atoms with Gasteiger partial charge in [-0.05, 0) is 46.0 Å². The minimum Gasteiger partial charge on any atom is -0.324 e. The van der Waals surface area contributed by atoms with Crippen molar-refractivity contribution in [3.63, 3.8) is 0 Å². The van der Waals surface area contributed by atoms with Gasteiger partial charge in [0.25, 0.3) is 0 Å². The highest BCUT2D eigenvalue weighted by molar-refractivity contribution is 9.10. The normalized spacial score (nSPS) is 13.3. The fraction of sp³-hybridized carbons (Fsp3) is 0.455. The van der Waals surface area contributed by atoms with Crippen molar-refractivity contribution in [3.8, 4) is 0 Å². The van der Waals surface area contributed by atoms with Crippen LogP contribution in [-0.2, 0) is 0 Å². The highest BCUT2D eigenvalue weighted by Gasteiger charge is 2.09. The quantitative estimate of drug-likeness (QED) is 0.882. The Balaban J connectivity index is 2.80. The van der Waals surface area contributed by atoms with Gasteiger partial charge in [-0.1, -0.05) is 19.9 Å². The van der Waals surface area contributed by atoms with Crippen molar-refractivity contribution >= 4 is 15.9 Å². The molecule has 0 bridgehead atoms. The van der Waals surface area contributed by atoms with Crippen molar-refractivity contribution in [2.75, 3.05) is 0 Å². The van der Waals surface area contributed by atoms with Gasteiger partial charge < -0.3 is 5.73 Å². The first-order valence-corrected chi connectivity index (χ1v) is 5.50. The molecular formula is C11H15BrFN. The van der Waals surface area contributed by atoms with Crippen LogP contribution in [0.4, 0.5) is 4.39 Å². The molecule has 0 spiro atoms. The Morgan fingerprint density at radius 1 is 1.43 bits per heavy atom. The van der Waals surface area contributed by atoms with Crippen molar-refractivity contribution < 1.29 is 4.39 Å². The van der Waals surface area contributed by atoms with E-state index in [4.69, 9.17) is 5.73 Å². The van der Waals surface area contributed by atoms with Crippen LogP contribution >= 0.6 is 15.9 Å². The van der Waals surface area contributed by atoms with E-state index < -0.39 is 0 Å². The number of nitrogens with two attached hydrogens (primary N) is 1. The molecule has 0 aliphatic rings. The molecule has 1 aromatic rings. The van der Waals surface area contributed by atoms with Crippen LogP contribution in [0.15, 0.2) is 22.7 Å². The summed E-state index contributed by atoms with van der Waals surface area (Å²) in [5.41, 5.74) is 6.95. The van der Waals surface area contributed by atoms with Gasteiger partial charge in [-0.15, -0.1) is 0 Å². The third-order valence-electron chi connectivity index (χ3n) is 2.10. The smallest absolute Gasteiger partial charge is 0.137 e. The van der Waals surface area contributed by atoms with Crippen LogP contribution in [-0.4, -0.2) is 0 Å². The molecule has 0 amide bonds. The second-order valence-corrected chi connectivity index (χ2v) is 4.76. The molecule has 0 heterocycles. The Morgan fingerprint density at radius 3 is 2.57 bits per heavy atom. The van der Waals surface area contributed by atoms with Crippen LogP contribution in [0, 0.1) is 11.7 Å². The lowest BCUT2D eigenvalue weighted by molar-refractivity contribution is 0.509. The zero-order chi connectivity index (χ0) is 10.7. The molecule has 0 saturated heterocycles. The zero-order valence-corrected chi connectivity index (χ0v) is 10.0. The predicted octanol–water partition coefficient (Wildman–Crippen LogP) is 3.63. The van der Waals surface area contributed by atoms with E-state index in [1.807, 2.05) is 0 Å². The SMILES string of the molecule is CC(C)CC(N)c1ccc(F)c(Br)c1. The highest BCUT2D eigenvalue weighted by atomic mass is 79.9. The van der Waals surface area contributed by atoms with Crippen molar-refractivity contribution in [1.29, 1.82) is 0 Å². The average molecular weight is 260 g/mol. The molecule has 1 aromatic carbocycles. The fourth-order valence-electron chi connectivity index (χ4n) is 1.39. The van der Waals surface area contributed by atoms with Gasteiger partial charge in [-0.25, -0.2) is 4.39 Å². The van der Waals surface area contributed by atoms with Crippen LogP contribution < -0.4 is 5.73 Å². The van der Waals surface area contributed by atoms with Crippen molar-refractivity contribution in [2.45, 2.75) is 26.3 Å². The third kappa shape index (κ3) is 3.07. The van der Waals surface area contributed by atoms with Gasteiger partial charge in [0.1, 0.15) is 5.82 Å². The predicted molar refractivity (Wildman–Crippen MR) is 60.5 cm³/mol. The lowest BCUT2D eigenvalue weighted by Crippen LogP contribution is -2.12. The van der Waals surface area contributed by atoms with Crippen LogP contribution in [0.25, 0.3) is 0 Å². The van der Waals surface area contributed by atoms with E-state index in [2.05, 4.69) is 29.8 Å². The molecule has 0 aliphatic carbocycles. The molecule has 1 rings (SSSR count). The van der Waals surface area contributed by atoms with E-state index in [0.29, 0.717) is 10.4 Å². The average Bonchev–Trinajstić information content (AvgIpc) is 2.08. The summed E-state index contributed by atoms with van der Waals surface area (Å²) in [6.07, 6.45) is 0.915. The monoisotopic (exact) mass is 259 g/mol. The van der Waals surface area contributed by atoms with Crippen molar-refractivity contribution in [3.05, 3.63) is 34.1 Å². The largest absolute Gasteiger partial charge is 0.324 e. The third-order valence-corrected chi connectivity index (χ3v) is 2.70. The fourth-order valence-corrected chi connectivity index (χ4v) is 1.78. The van der Waals surface area contributed by atoms with E-state index in [1.54, 1.807) is 12.1 Å². The molecule has 1 atom stereocenters. The Morgan fingerprint density at radius 2 is 2.07 bits per heavy atom. The minimum atomic E-state index is -0.245. The lowest BCUT2D eigenvalue weighted by atomic mass is 9.98. The highest BCUT2D eigenvalue weighted by Crippen LogP contribution is 2.23. The van der Waals surface area contributed by atoms with E-state index in [1.165, 1.54) is 6.07 Å². The summed E-state index contributed by atoms with van der Waals surface area (Å²) in [6, 6.07) is 4.93. The first kappa shape index (κ1) is 11.7. The van der Waals surface area contributed by atoms with Gasteiger partial charge in [0.15, 0.2) is 0 Å². The molecule has 78 valence electrons. The Hall–Kier alpha value is -0.410. The van der Waals surface area contributed by atoms with Crippen LogP contribution in [0.5, 0.6) is 0 Å². The molecule has 3 heteroatoms. The van der Waals surface area contributed by atoms with Crippen molar-refractivity contribution in [2.24, 2.45) is 11.7 Å². The number of hydrogen-bond acceptors (Lipinski definition) is 1. The minimum absolute atomic E-state index is 0.00750. The Labute approximate surface area is 92.6 Å². The molecule has 0 radical (unpaired) electrons. The van der Waals surface area contributed by atoms with Gasteiger partial charge in [0.05, 0.1) is 4.47 Å². The molecule has 2 N–H and O–H groups in total. The summed E-state index contributed by atoms with van der Waals surface area (Å²) in [5, 5.41) is 0. The molecule has 0 aliphatic heterocycles. The van der Waals surface area contributed by atoms with E-state index in [0.717, 1.165) is 12.0 Å². The Bertz CT molecular complexity index is 312. The van der Waals surface area contributed by atoms with E-state index >= 15 is 0 Å². The Kier molecular flexibility index (Phi) is 4.08. The number of benzene rings is 1. The number of hydrogen-bond donors (Lipinski definition) is 1. The molecule has 0 fully saturated rings. The van der Waals surface area contributed by atoms with E-state index in [-0.39, 0.29) is 11.9 Å². The summed E-state index contributed by atoms with van der Waals surface area (Å²) in [7, 11) is 0. The van der Waals surface area contributed by atoms with Crippen LogP contribution in [0.3, 0.4) is 0 Å². The summed E-state index contributed by atoms with van der Waals surface area (Å²) in [5.74, 6) is 0.305. The zero-order valence-electron chi connectivity index (χ0n) is 8.43. The molecule has 1 nitrogen and oxygen atoms in total. The molecule has 0 saturated carbocycles. The van der Waals surface area contributed by atoms with Gasteiger partial charge in [0, 0.05) is 6.04 Å². The van der Waals surface area contributed by atoms with Gasteiger partial charge in [0.2, 0.25) is 0 Å². The summed E-state index contributed by atoms with van der Waals surface area (Å²) < 4.78 is 13.4. The van der Waals surface area contributed by atoms with Gasteiger partial charge in [-0.3, -0.25) is 0 Å². The maximum atomic E-state index is 12.9. The van der Waals surface area contributed by atoms with Crippen LogP contribution in [0.1, 0.15) is 31.9 Å². The summed E-state index contributed by atoms with van der Waals surface area (Å²) in [6.45, 7) is 4.25. The summed E-state index contributed by atoms with van der Waals surface area (Å²) >= 11 is 3.15. The number of halogens is 2. The van der Waals surface area contributed by atoms with E-state index in [9.17, 15) is 4.39 Å². The second kappa shape index (κ2) is 4.89. The molecule has 1 unspecified atom stereocenters. The maximum Gasteiger partial charge on any atom is 0.137 e. The van der Waals surface area contributed by atoms with Crippen LogP contribution in [0.2, 0.25) is 0 Å². The first-order chi connectivity index (χ1) is 6.50. The topological polar surface area (TPSA) is 26.0 Å². The standard InChI is InChI=1S/C11H15BrFN/c1-7(2)5-11(14)8-3-4-10(13)9(12)6-8/h3-4,6-7,11H,5,14H2,1-2H3. The summed E-state index contributed by atoms with van der Waals surface area (Å²) in [4.78, 5) is 0. The molecular weight excluding hydrogens is 245 g/mol. The molecule has 14 heavy (non-hydrogen) atoms.